The molecule has 1 atom stereocenters. The van der Waals surface area contributed by atoms with Crippen LogP contribution in [-0.2, 0) is 19.5 Å². The minimum Gasteiger partial charge on any atom is -0.467 e. The Labute approximate surface area is 190 Å². The third kappa shape index (κ3) is 3.73. The molecule has 0 spiro atoms. The third-order valence-electron chi connectivity index (χ3n) is 6.12. The van der Waals surface area contributed by atoms with E-state index in [0.29, 0.717) is 41.4 Å². The maximum Gasteiger partial charge on any atom is 0.273 e. The van der Waals surface area contributed by atoms with Crippen molar-refractivity contribution in [3.63, 3.8) is 0 Å². The first-order valence-electron chi connectivity index (χ1n) is 11.0. The van der Waals surface area contributed by atoms with Crippen LogP contribution in [0, 0.1) is 0 Å². The number of anilines is 2. The molecular weight excluding hydrogens is 418 g/mol. The summed E-state index contributed by atoms with van der Waals surface area (Å²) >= 11 is 0. The maximum absolute atomic E-state index is 13.0. The topological polar surface area (TPSA) is 92.4 Å². The number of hydrazine groups is 1. The Balaban J connectivity index is 1.36. The van der Waals surface area contributed by atoms with E-state index < -0.39 is 0 Å². The fourth-order valence-electron chi connectivity index (χ4n) is 4.43. The van der Waals surface area contributed by atoms with Crippen molar-refractivity contribution >= 4 is 28.4 Å². The molecule has 0 fully saturated rings. The number of nitrogens with zero attached hydrogens (tertiary/aromatic N) is 3. The van der Waals surface area contributed by atoms with Gasteiger partial charge in [0, 0.05) is 18.3 Å². The van der Waals surface area contributed by atoms with Crippen LogP contribution in [0.5, 0.6) is 0 Å². The number of amides is 1. The van der Waals surface area contributed by atoms with Crippen LogP contribution in [-0.4, -0.2) is 21.5 Å². The van der Waals surface area contributed by atoms with Crippen molar-refractivity contribution in [2.45, 2.75) is 39.4 Å². The minimum absolute atomic E-state index is 0.162. The molecule has 1 amide bonds. The Morgan fingerprint density at radius 2 is 1.94 bits per heavy atom. The van der Waals surface area contributed by atoms with Crippen LogP contribution >= 0.6 is 0 Å². The van der Waals surface area contributed by atoms with Crippen molar-refractivity contribution < 1.29 is 9.21 Å². The van der Waals surface area contributed by atoms with E-state index in [1.807, 2.05) is 25.1 Å². The Hall–Kier alpha value is -4.07. The van der Waals surface area contributed by atoms with Crippen molar-refractivity contribution in [1.29, 1.82) is 0 Å². The van der Waals surface area contributed by atoms with Crippen molar-refractivity contribution in [3.8, 4) is 0 Å². The number of hydrogen-bond donors (Lipinski definition) is 2. The molecule has 5 rings (SSSR count). The number of benzene rings is 2. The van der Waals surface area contributed by atoms with Gasteiger partial charge in [-0.3, -0.25) is 25.0 Å². The predicted molar refractivity (Wildman–Crippen MR) is 127 cm³/mol. The van der Waals surface area contributed by atoms with E-state index >= 15 is 0 Å². The van der Waals surface area contributed by atoms with Crippen LogP contribution in [0.15, 0.2) is 70.1 Å². The summed E-state index contributed by atoms with van der Waals surface area (Å²) in [4.78, 5) is 32.5. The fraction of sp³-hybridized carbons (Fsp3) is 0.240. The molecule has 33 heavy (non-hydrogen) atoms. The predicted octanol–water partition coefficient (Wildman–Crippen LogP) is 3.72. The lowest BCUT2D eigenvalue weighted by Crippen LogP contribution is -2.35. The smallest absolute Gasteiger partial charge is 0.273 e. The Kier molecular flexibility index (Phi) is 5.34. The van der Waals surface area contributed by atoms with E-state index in [1.165, 1.54) is 22.1 Å². The lowest BCUT2D eigenvalue weighted by Gasteiger charge is -2.24. The monoisotopic (exact) mass is 443 g/mol. The first-order valence-corrected chi connectivity index (χ1v) is 11.0. The van der Waals surface area contributed by atoms with E-state index in [1.54, 1.807) is 24.3 Å². The summed E-state index contributed by atoms with van der Waals surface area (Å²) in [6.45, 7) is 4.92. The van der Waals surface area contributed by atoms with Gasteiger partial charge >= 0.3 is 0 Å². The number of carbonyl (C=O) groups excluding carboxylic acids is 1. The molecular formula is C25H25N5O3. The zero-order valence-electron chi connectivity index (χ0n) is 18.5. The number of rotatable bonds is 6. The molecule has 0 aliphatic carbocycles. The van der Waals surface area contributed by atoms with Gasteiger partial charge in [0.05, 0.1) is 29.3 Å². The molecule has 0 saturated heterocycles. The first-order chi connectivity index (χ1) is 16.1. The van der Waals surface area contributed by atoms with Gasteiger partial charge in [-0.05, 0) is 50.1 Å². The Bertz CT molecular complexity index is 1390. The standard InChI is InChI=1S/C25H25N5O3/c1-3-29-24(32)18-9-5-6-10-20(18)26-25(29)28-27-23(31)19-12-13-33-22(19)15-30-16(2)14-17-8-4-7-11-21(17)30/h4-13,16H,3,14-15H2,1-2H3,(H,26,28)(H,27,31). The van der Waals surface area contributed by atoms with Crippen molar-refractivity contribution in [1.82, 2.24) is 15.0 Å². The summed E-state index contributed by atoms with van der Waals surface area (Å²) in [6, 6.07) is 17.4. The van der Waals surface area contributed by atoms with Gasteiger partial charge in [-0.1, -0.05) is 30.3 Å². The van der Waals surface area contributed by atoms with Crippen molar-refractivity contribution in [2.75, 3.05) is 10.3 Å². The zero-order chi connectivity index (χ0) is 22.9. The molecule has 2 aromatic heterocycles. The van der Waals surface area contributed by atoms with Crippen LogP contribution in [0.3, 0.4) is 0 Å². The second-order valence-corrected chi connectivity index (χ2v) is 8.15. The highest BCUT2D eigenvalue weighted by Crippen LogP contribution is 2.33. The second-order valence-electron chi connectivity index (χ2n) is 8.15. The van der Waals surface area contributed by atoms with E-state index in [9.17, 15) is 9.59 Å². The fourth-order valence-corrected chi connectivity index (χ4v) is 4.43. The number of fused-ring (bicyclic) bond motifs is 2. The molecule has 2 N–H and O–H groups in total. The summed E-state index contributed by atoms with van der Waals surface area (Å²) in [5.41, 5.74) is 8.80. The van der Waals surface area contributed by atoms with E-state index in [0.717, 1.165) is 6.42 Å². The van der Waals surface area contributed by atoms with Crippen LogP contribution < -0.4 is 21.3 Å². The highest BCUT2D eigenvalue weighted by atomic mass is 16.3. The van der Waals surface area contributed by atoms with Crippen molar-refractivity contribution in [2.24, 2.45) is 0 Å². The molecule has 168 valence electrons. The van der Waals surface area contributed by atoms with Gasteiger partial charge in [0.2, 0.25) is 5.95 Å². The highest BCUT2D eigenvalue weighted by Gasteiger charge is 2.28. The number of para-hydroxylation sites is 2. The summed E-state index contributed by atoms with van der Waals surface area (Å²) in [5.74, 6) is 0.503. The van der Waals surface area contributed by atoms with Gasteiger partial charge in [0.15, 0.2) is 0 Å². The summed E-state index contributed by atoms with van der Waals surface area (Å²) in [5, 5.41) is 0.536. The molecule has 0 saturated carbocycles. The molecule has 8 heteroatoms. The van der Waals surface area contributed by atoms with Gasteiger partial charge in [0.1, 0.15) is 5.76 Å². The zero-order valence-corrected chi connectivity index (χ0v) is 18.5. The summed E-state index contributed by atoms with van der Waals surface area (Å²) < 4.78 is 7.17. The van der Waals surface area contributed by atoms with E-state index in [4.69, 9.17) is 4.42 Å². The molecule has 1 aliphatic heterocycles. The van der Waals surface area contributed by atoms with Gasteiger partial charge in [0.25, 0.3) is 11.5 Å². The molecule has 3 heterocycles. The molecule has 2 aromatic carbocycles. The normalized spacial score (nSPS) is 15.0. The number of hydrogen-bond acceptors (Lipinski definition) is 6. The third-order valence-corrected chi connectivity index (χ3v) is 6.12. The quantitative estimate of drug-likeness (QED) is 0.441. The van der Waals surface area contributed by atoms with Crippen LogP contribution in [0.25, 0.3) is 10.9 Å². The van der Waals surface area contributed by atoms with Gasteiger partial charge in [-0.2, -0.15) is 0 Å². The first kappa shape index (κ1) is 20.8. The number of nitrogens with one attached hydrogen (secondary N) is 2. The molecule has 8 nitrogen and oxygen atoms in total. The Morgan fingerprint density at radius 1 is 1.15 bits per heavy atom. The van der Waals surface area contributed by atoms with Gasteiger partial charge in [-0.25, -0.2) is 4.98 Å². The van der Waals surface area contributed by atoms with Crippen LogP contribution in [0.4, 0.5) is 11.6 Å². The molecule has 4 aromatic rings. The molecule has 0 radical (unpaired) electrons. The lowest BCUT2D eigenvalue weighted by molar-refractivity contribution is 0.0960. The minimum atomic E-state index is -0.357. The van der Waals surface area contributed by atoms with Crippen LogP contribution in [0.1, 0.15) is 35.5 Å². The largest absolute Gasteiger partial charge is 0.467 e. The van der Waals surface area contributed by atoms with Gasteiger partial charge < -0.3 is 9.32 Å². The summed E-state index contributed by atoms with van der Waals surface area (Å²) in [6.07, 6.45) is 2.48. The highest BCUT2D eigenvalue weighted by molar-refractivity contribution is 5.95. The molecule has 0 bridgehead atoms. The number of furan rings is 1. The average molecular weight is 444 g/mol. The number of aromatic nitrogens is 2. The number of carbonyl (C=O) groups is 1. The van der Waals surface area contributed by atoms with E-state index in [2.05, 4.69) is 39.8 Å². The second kappa shape index (κ2) is 8.46. The summed E-state index contributed by atoms with van der Waals surface area (Å²) in [7, 11) is 0. The molecule has 1 aliphatic rings. The van der Waals surface area contributed by atoms with Crippen molar-refractivity contribution in [3.05, 3.63) is 88.1 Å². The average Bonchev–Trinajstić information content (AvgIpc) is 3.42. The maximum atomic E-state index is 13.0. The Morgan fingerprint density at radius 3 is 2.79 bits per heavy atom. The SMILES string of the molecule is CCn1c(NNC(=O)c2ccoc2CN2c3ccccc3CC2C)nc2ccccc2c1=O. The lowest BCUT2D eigenvalue weighted by atomic mass is 10.1. The van der Waals surface area contributed by atoms with Crippen LogP contribution in [0.2, 0.25) is 0 Å². The van der Waals surface area contributed by atoms with Gasteiger partial charge in [-0.15, -0.1) is 0 Å². The van der Waals surface area contributed by atoms with E-state index in [-0.39, 0.29) is 17.4 Å². The molecule has 1 unspecified atom stereocenters.